The van der Waals surface area contributed by atoms with Gasteiger partial charge in [-0.2, -0.15) is 0 Å². The molecule has 3 saturated carbocycles. The Bertz CT molecular complexity index is 478. The number of hydrogen-bond acceptors (Lipinski definition) is 1. The van der Waals surface area contributed by atoms with Gasteiger partial charge in [-0.25, -0.2) is 4.39 Å². The first kappa shape index (κ1) is 13.4. The molecule has 0 spiro atoms. The number of fused-ring (bicyclic) bond motifs is 3. The molecule has 4 rings (SSSR count). The Morgan fingerprint density at radius 2 is 1.84 bits per heavy atom. The van der Waals surface area contributed by atoms with Gasteiger partial charge in [0.05, 0.1) is 0 Å². The SMILES string of the molecule is Cc1c(Cl)ccc(F)c1[C@@H](N)C12CCC(CC1)CC2. The fraction of sp³-hybridized carbons (Fsp3) is 0.625. The first-order chi connectivity index (χ1) is 9.03. The number of benzene rings is 1. The average molecular weight is 282 g/mol. The molecule has 0 saturated heterocycles. The molecule has 0 aliphatic heterocycles. The zero-order chi connectivity index (χ0) is 13.6. The van der Waals surface area contributed by atoms with Gasteiger partial charge in [0.25, 0.3) is 0 Å². The van der Waals surface area contributed by atoms with E-state index in [1.165, 1.54) is 25.3 Å². The fourth-order valence-electron chi connectivity index (χ4n) is 4.11. The quantitative estimate of drug-likeness (QED) is 0.831. The van der Waals surface area contributed by atoms with Gasteiger partial charge in [0.15, 0.2) is 0 Å². The van der Waals surface area contributed by atoms with Crippen LogP contribution in [0.4, 0.5) is 4.39 Å². The molecule has 3 aliphatic carbocycles. The van der Waals surface area contributed by atoms with Crippen LogP contribution < -0.4 is 5.73 Å². The second-order valence-corrected chi connectivity index (χ2v) is 6.80. The van der Waals surface area contributed by atoms with Gasteiger partial charge in [0, 0.05) is 16.6 Å². The summed E-state index contributed by atoms with van der Waals surface area (Å²) in [4.78, 5) is 0. The van der Waals surface area contributed by atoms with E-state index in [1.807, 2.05) is 6.92 Å². The standard InChI is InChI=1S/C16H21ClFN/c1-10-12(17)2-3-13(18)14(10)15(19)16-7-4-11(5-8-16)6-9-16/h2-3,11,15H,4-9,19H2,1H3/t11?,15-,16?/m1/s1. The minimum absolute atomic E-state index is 0.102. The van der Waals surface area contributed by atoms with Crippen LogP contribution in [-0.2, 0) is 0 Å². The molecule has 2 N–H and O–H groups in total. The molecule has 104 valence electrons. The summed E-state index contributed by atoms with van der Waals surface area (Å²) in [5.41, 5.74) is 8.08. The molecule has 0 unspecified atom stereocenters. The molecule has 0 amide bonds. The lowest BCUT2D eigenvalue weighted by molar-refractivity contribution is 0.0381. The van der Waals surface area contributed by atoms with Crippen LogP contribution >= 0.6 is 11.6 Å². The van der Waals surface area contributed by atoms with E-state index in [9.17, 15) is 4.39 Å². The lowest BCUT2D eigenvalue weighted by Crippen LogP contribution is -2.43. The Morgan fingerprint density at radius 1 is 1.26 bits per heavy atom. The highest BCUT2D eigenvalue weighted by atomic mass is 35.5. The summed E-state index contributed by atoms with van der Waals surface area (Å²) >= 11 is 6.15. The second kappa shape index (κ2) is 4.75. The molecular weight excluding hydrogens is 261 g/mol. The zero-order valence-electron chi connectivity index (χ0n) is 11.4. The summed E-state index contributed by atoms with van der Waals surface area (Å²) in [7, 11) is 0. The molecule has 1 aromatic rings. The van der Waals surface area contributed by atoms with Crippen LogP contribution in [-0.4, -0.2) is 0 Å². The van der Waals surface area contributed by atoms with Crippen LogP contribution in [0, 0.1) is 24.1 Å². The Labute approximate surface area is 119 Å². The highest BCUT2D eigenvalue weighted by Crippen LogP contribution is 2.56. The van der Waals surface area contributed by atoms with Crippen LogP contribution in [0.1, 0.15) is 55.7 Å². The highest BCUT2D eigenvalue weighted by Gasteiger charge is 2.45. The van der Waals surface area contributed by atoms with E-state index in [0.717, 1.165) is 30.7 Å². The zero-order valence-corrected chi connectivity index (χ0v) is 12.1. The van der Waals surface area contributed by atoms with Crippen molar-refractivity contribution in [3.8, 4) is 0 Å². The summed E-state index contributed by atoms with van der Waals surface area (Å²) in [6.45, 7) is 1.88. The summed E-state index contributed by atoms with van der Waals surface area (Å²) in [6.07, 6.45) is 7.21. The van der Waals surface area contributed by atoms with Gasteiger partial charge in [-0.05, 0) is 74.5 Å². The largest absolute Gasteiger partial charge is 0.323 e. The Kier molecular flexibility index (Phi) is 3.34. The van der Waals surface area contributed by atoms with E-state index < -0.39 is 0 Å². The van der Waals surface area contributed by atoms with Crippen molar-refractivity contribution in [3.05, 3.63) is 34.1 Å². The molecular formula is C16H21ClFN. The van der Waals surface area contributed by atoms with Gasteiger partial charge in [-0.15, -0.1) is 0 Å². The number of nitrogens with two attached hydrogens (primary N) is 1. The third-order valence-corrected chi connectivity index (χ3v) is 5.93. The second-order valence-electron chi connectivity index (χ2n) is 6.39. The third-order valence-electron chi connectivity index (χ3n) is 5.52. The molecule has 0 radical (unpaired) electrons. The van der Waals surface area contributed by atoms with Gasteiger partial charge in [-0.3, -0.25) is 0 Å². The summed E-state index contributed by atoms with van der Waals surface area (Å²) in [5.74, 6) is 0.691. The first-order valence-corrected chi connectivity index (χ1v) is 7.61. The number of halogens is 2. The number of rotatable bonds is 2. The van der Waals surface area contributed by atoms with Gasteiger partial charge in [0.2, 0.25) is 0 Å². The topological polar surface area (TPSA) is 26.0 Å². The number of hydrogen-bond donors (Lipinski definition) is 1. The van der Waals surface area contributed by atoms with E-state index in [1.54, 1.807) is 6.07 Å². The van der Waals surface area contributed by atoms with Crippen molar-refractivity contribution in [2.45, 2.75) is 51.5 Å². The normalized spacial score (nSPS) is 31.5. The van der Waals surface area contributed by atoms with Crippen LogP contribution in [0.25, 0.3) is 0 Å². The average Bonchev–Trinajstić information content (AvgIpc) is 2.45. The molecule has 19 heavy (non-hydrogen) atoms. The van der Waals surface area contributed by atoms with Crippen molar-refractivity contribution in [3.63, 3.8) is 0 Å². The molecule has 3 heteroatoms. The van der Waals surface area contributed by atoms with Gasteiger partial charge >= 0.3 is 0 Å². The van der Waals surface area contributed by atoms with Crippen LogP contribution in [0.15, 0.2) is 12.1 Å². The lowest BCUT2D eigenvalue weighted by Gasteiger charge is -2.50. The molecule has 1 nitrogen and oxygen atoms in total. The highest BCUT2D eigenvalue weighted by molar-refractivity contribution is 6.31. The van der Waals surface area contributed by atoms with Crippen LogP contribution in [0.2, 0.25) is 5.02 Å². The minimum Gasteiger partial charge on any atom is -0.323 e. The molecule has 1 atom stereocenters. The molecule has 2 bridgehead atoms. The van der Waals surface area contributed by atoms with Crippen molar-refractivity contribution in [1.29, 1.82) is 0 Å². The van der Waals surface area contributed by atoms with Crippen molar-refractivity contribution in [2.24, 2.45) is 17.1 Å². The monoisotopic (exact) mass is 281 g/mol. The van der Waals surface area contributed by atoms with E-state index in [2.05, 4.69) is 0 Å². The summed E-state index contributed by atoms with van der Waals surface area (Å²) in [6, 6.07) is 2.86. The van der Waals surface area contributed by atoms with E-state index in [4.69, 9.17) is 17.3 Å². The molecule has 0 heterocycles. The van der Waals surface area contributed by atoms with E-state index in [-0.39, 0.29) is 17.3 Å². The van der Waals surface area contributed by atoms with Crippen LogP contribution in [0.3, 0.4) is 0 Å². The predicted octanol–water partition coefficient (Wildman–Crippen LogP) is 4.76. The smallest absolute Gasteiger partial charge is 0.128 e. The maximum atomic E-state index is 14.2. The first-order valence-electron chi connectivity index (χ1n) is 7.23. The predicted molar refractivity (Wildman–Crippen MR) is 76.7 cm³/mol. The fourth-order valence-corrected chi connectivity index (χ4v) is 4.27. The molecule has 0 aromatic heterocycles. The van der Waals surface area contributed by atoms with E-state index >= 15 is 0 Å². The summed E-state index contributed by atoms with van der Waals surface area (Å²) < 4.78 is 14.2. The maximum absolute atomic E-state index is 14.2. The molecule has 1 aromatic carbocycles. The third kappa shape index (κ3) is 2.09. The van der Waals surface area contributed by atoms with Gasteiger partial charge < -0.3 is 5.73 Å². The Hall–Kier alpha value is -0.600. The minimum atomic E-state index is -0.215. The van der Waals surface area contributed by atoms with Crippen molar-refractivity contribution >= 4 is 11.6 Å². The van der Waals surface area contributed by atoms with Crippen molar-refractivity contribution in [2.75, 3.05) is 0 Å². The van der Waals surface area contributed by atoms with Crippen molar-refractivity contribution in [1.82, 2.24) is 0 Å². The Balaban J connectivity index is 2.00. The van der Waals surface area contributed by atoms with E-state index in [0.29, 0.717) is 10.6 Å². The van der Waals surface area contributed by atoms with Gasteiger partial charge in [-0.1, -0.05) is 11.6 Å². The summed E-state index contributed by atoms with van der Waals surface area (Å²) in [5, 5.41) is 0.618. The molecule has 3 aliphatic rings. The Morgan fingerprint density at radius 3 is 2.42 bits per heavy atom. The maximum Gasteiger partial charge on any atom is 0.128 e. The lowest BCUT2D eigenvalue weighted by atomic mass is 9.56. The van der Waals surface area contributed by atoms with Crippen LogP contribution in [0.5, 0.6) is 0 Å². The molecule has 3 fully saturated rings. The van der Waals surface area contributed by atoms with Gasteiger partial charge in [0.1, 0.15) is 5.82 Å². The van der Waals surface area contributed by atoms with Crippen molar-refractivity contribution < 1.29 is 4.39 Å².